The third-order valence-electron chi connectivity index (χ3n) is 3.38. The van der Waals surface area contributed by atoms with Crippen molar-refractivity contribution in [2.45, 2.75) is 13.0 Å². The maximum atomic E-state index is 13.5. The topological polar surface area (TPSA) is 70.2 Å². The van der Waals surface area contributed by atoms with Crippen LogP contribution in [0.5, 0.6) is 0 Å². The normalized spacial score (nSPS) is 10.7. The van der Waals surface area contributed by atoms with Gasteiger partial charge in [-0.3, -0.25) is 4.79 Å². The van der Waals surface area contributed by atoms with Crippen LogP contribution in [0.2, 0.25) is 0 Å². The first-order valence-electron chi connectivity index (χ1n) is 7.78. The minimum absolute atomic E-state index is 0.200. The summed E-state index contributed by atoms with van der Waals surface area (Å²) in [4.78, 5) is 22.2. The van der Waals surface area contributed by atoms with Crippen molar-refractivity contribution in [2.75, 3.05) is 32.5 Å². The first-order chi connectivity index (χ1) is 11.6. The van der Waals surface area contributed by atoms with Crippen molar-refractivity contribution < 1.29 is 9.18 Å². The van der Waals surface area contributed by atoms with Crippen LogP contribution in [-0.2, 0) is 6.54 Å². The molecule has 1 aromatic heterocycles. The molecule has 6 nitrogen and oxygen atoms in total. The summed E-state index contributed by atoms with van der Waals surface area (Å²) >= 11 is 0. The van der Waals surface area contributed by atoms with Crippen molar-refractivity contribution in [3.8, 4) is 0 Å². The van der Waals surface area contributed by atoms with Crippen molar-refractivity contribution in [1.29, 1.82) is 0 Å². The maximum absolute atomic E-state index is 13.5. The standard InChI is InChI=1S/C17H22FN5O/c1-23(2)9-5-8-19-16(24)14-11-21-17(22-12-14)20-10-13-6-3-4-7-15(13)18/h3-4,6-7,11-12H,5,8-10H2,1-2H3,(H,19,24)(H,20,21,22). The van der Waals surface area contributed by atoms with Gasteiger partial charge in [-0.1, -0.05) is 18.2 Å². The van der Waals surface area contributed by atoms with E-state index in [-0.39, 0.29) is 18.3 Å². The summed E-state index contributed by atoms with van der Waals surface area (Å²) in [6.07, 6.45) is 3.79. The molecule has 0 saturated heterocycles. The van der Waals surface area contributed by atoms with Crippen LogP contribution in [-0.4, -0.2) is 48.0 Å². The zero-order chi connectivity index (χ0) is 17.4. The summed E-state index contributed by atoms with van der Waals surface area (Å²) in [7, 11) is 3.98. The van der Waals surface area contributed by atoms with Crippen LogP contribution in [0.3, 0.4) is 0 Å². The van der Waals surface area contributed by atoms with E-state index in [0.29, 0.717) is 23.6 Å². The van der Waals surface area contributed by atoms with Crippen LogP contribution in [0, 0.1) is 5.82 Å². The number of aromatic nitrogens is 2. The highest BCUT2D eigenvalue weighted by atomic mass is 19.1. The fourth-order valence-electron chi connectivity index (χ4n) is 2.05. The lowest BCUT2D eigenvalue weighted by molar-refractivity contribution is 0.0951. The molecule has 0 saturated carbocycles. The van der Waals surface area contributed by atoms with E-state index in [1.54, 1.807) is 18.2 Å². The molecule has 1 amide bonds. The molecule has 0 bridgehead atoms. The SMILES string of the molecule is CN(C)CCCNC(=O)c1cnc(NCc2ccccc2F)nc1. The van der Waals surface area contributed by atoms with Crippen LogP contribution in [0.1, 0.15) is 22.3 Å². The molecule has 7 heteroatoms. The number of nitrogens with zero attached hydrogens (tertiary/aromatic N) is 3. The van der Waals surface area contributed by atoms with Gasteiger partial charge in [-0.05, 0) is 33.1 Å². The number of hydrogen-bond donors (Lipinski definition) is 2. The summed E-state index contributed by atoms with van der Waals surface area (Å²) < 4.78 is 13.5. The van der Waals surface area contributed by atoms with Crippen molar-refractivity contribution in [2.24, 2.45) is 0 Å². The van der Waals surface area contributed by atoms with Gasteiger partial charge in [0.1, 0.15) is 5.82 Å². The molecule has 128 valence electrons. The zero-order valence-corrected chi connectivity index (χ0v) is 13.9. The second kappa shape index (κ2) is 8.93. The number of hydrogen-bond acceptors (Lipinski definition) is 5. The molecule has 24 heavy (non-hydrogen) atoms. The lowest BCUT2D eigenvalue weighted by Crippen LogP contribution is -2.27. The fourth-order valence-corrected chi connectivity index (χ4v) is 2.05. The largest absolute Gasteiger partial charge is 0.352 e. The highest BCUT2D eigenvalue weighted by molar-refractivity contribution is 5.93. The molecular formula is C17H22FN5O. The average Bonchev–Trinajstić information content (AvgIpc) is 2.58. The second-order valence-electron chi connectivity index (χ2n) is 5.65. The molecule has 2 rings (SSSR count). The van der Waals surface area contributed by atoms with E-state index in [1.165, 1.54) is 18.5 Å². The number of benzene rings is 1. The molecule has 0 aliphatic rings. The Labute approximate surface area is 141 Å². The molecule has 2 N–H and O–H groups in total. The van der Waals surface area contributed by atoms with Crippen molar-refractivity contribution >= 4 is 11.9 Å². The van der Waals surface area contributed by atoms with Gasteiger partial charge in [-0.25, -0.2) is 14.4 Å². The number of anilines is 1. The summed E-state index contributed by atoms with van der Waals surface area (Å²) in [6, 6.07) is 6.51. The number of carbonyl (C=O) groups is 1. The molecule has 1 aromatic carbocycles. The van der Waals surface area contributed by atoms with Gasteiger partial charge in [0.25, 0.3) is 5.91 Å². The summed E-state index contributed by atoms with van der Waals surface area (Å²) in [5.41, 5.74) is 0.931. The van der Waals surface area contributed by atoms with Crippen LogP contribution in [0.15, 0.2) is 36.7 Å². The molecular weight excluding hydrogens is 309 g/mol. The van der Waals surface area contributed by atoms with Crippen LogP contribution in [0.4, 0.5) is 10.3 Å². The Bertz CT molecular complexity index is 660. The van der Waals surface area contributed by atoms with Gasteiger partial charge in [-0.2, -0.15) is 0 Å². The molecule has 1 heterocycles. The minimum atomic E-state index is -0.279. The van der Waals surface area contributed by atoms with E-state index in [1.807, 2.05) is 14.1 Å². The summed E-state index contributed by atoms with van der Waals surface area (Å²) in [6.45, 7) is 1.79. The number of amides is 1. The number of halogens is 1. The summed E-state index contributed by atoms with van der Waals surface area (Å²) in [5, 5.41) is 5.76. The Balaban J connectivity index is 1.82. The molecule has 0 atom stereocenters. The number of nitrogens with one attached hydrogen (secondary N) is 2. The first-order valence-corrected chi connectivity index (χ1v) is 7.78. The van der Waals surface area contributed by atoms with Gasteiger partial charge in [0, 0.05) is 31.0 Å². The molecule has 0 aliphatic heterocycles. The lowest BCUT2D eigenvalue weighted by atomic mass is 10.2. The highest BCUT2D eigenvalue weighted by Gasteiger charge is 2.07. The predicted molar refractivity (Wildman–Crippen MR) is 91.3 cm³/mol. The van der Waals surface area contributed by atoms with E-state index in [0.717, 1.165) is 13.0 Å². The third-order valence-corrected chi connectivity index (χ3v) is 3.38. The summed E-state index contributed by atoms with van der Waals surface area (Å²) in [5.74, 6) is -0.129. The Hall–Kier alpha value is -2.54. The predicted octanol–water partition coefficient (Wildman–Crippen LogP) is 1.91. The second-order valence-corrected chi connectivity index (χ2v) is 5.65. The van der Waals surface area contributed by atoms with E-state index in [2.05, 4.69) is 25.5 Å². The molecule has 0 fully saturated rings. The van der Waals surface area contributed by atoms with Crippen LogP contribution >= 0.6 is 0 Å². The maximum Gasteiger partial charge on any atom is 0.254 e. The third kappa shape index (κ3) is 5.58. The van der Waals surface area contributed by atoms with Crippen molar-refractivity contribution in [1.82, 2.24) is 20.2 Å². The quantitative estimate of drug-likeness (QED) is 0.723. The van der Waals surface area contributed by atoms with Crippen molar-refractivity contribution in [3.63, 3.8) is 0 Å². The molecule has 0 unspecified atom stereocenters. The molecule has 0 spiro atoms. The Kier molecular flexibility index (Phi) is 6.62. The fraction of sp³-hybridized carbons (Fsp3) is 0.353. The molecule has 2 aromatic rings. The minimum Gasteiger partial charge on any atom is -0.352 e. The number of rotatable bonds is 8. The zero-order valence-electron chi connectivity index (χ0n) is 13.9. The van der Waals surface area contributed by atoms with Crippen LogP contribution < -0.4 is 10.6 Å². The van der Waals surface area contributed by atoms with E-state index < -0.39 is 0 Å². The molecule has 0 aliphatic carbocycles. The van der Waals surface area contributed by atoms with E-state index >= 15 is 0 Å². The lowest BCUT2D eigenvalue weighted by Gasteiger charge is -2.10. The Morgan fingerprint density at radius 1 is 1.21 bits per heavy atom. The molecule has 0 radical (unpaired) electrons. The highest BCUT2D eigenvalue weighted by Crippen LogP contribution is 2.08. The number of carbonyl (C=O) groups excluding carboxylic acids is 1. The first kappa shape index (κ1) is 17.8. The van der Waals surface area contributed by atoms with E-state index in [9.17, 15) is 9.18 Å². The van der Waals surface area contributed by atoms with Gasteiger partial charge in [0.05, 0.1) is 5.56 Å². The monoisotopic (exact) mass is 331 g/mol. The van der Waals surface area contributed by atoms with E-state index in [4.69, 9.17) is 0 Å². The van der Waals surface area contributed by atoms with Crippen molar-refractivity contribution in [3.05, 3.63) is 53.6 Å². The average molecular weight is 331 g/mol. The van der Waals surface area contributed by atoms with Gasteiger partial charge in [-0.15, -0.1) is 0 Å². The smallest absolute Gasteiger partial charge is 0.254 e. The van der Waals surface area contributed by atoms with Gasteiger partial charge >= 0.3 is 0 Å². The Morgan fingerprint density at radius 2 is 1.92 bits per heavy atom. The Morgan fingerprint density at radius 3 is 2.58 bits per heavy atom. The van der Waals surface area contributed by atoms with Gasteiger partial charge in [0.15, 0.2) is 0 Å². The van der Waals surface area contributed by atoms with Gasteiger partial charge < -0.3 is 15.5 Å². The van der Waals surface area contributed by atoms with Crippen LogP contribution in [0.25, 0.3) is 0 Å². The van der Waals surface area contributed by atoms with Gasteiger partial charge in [0.2, 0.25) is 5.95 Å².